The van der Waals surface area contributed by atoms with Gasteiger partial charge in [0.2, 0.25) is 5.91 Å². The SMILES string of the molecule is CCc1cccc(NC(=O)CSc2nc3ccsc3c(=O)n2-c2ccccc2)c1. The summed E-state index contributed by atoms with van der Waals surface area (Å²) in [7, 11) is 0. The molecule has 0 bridgehead atoms. The molecule has 0 aliphatic rings. The van der Waals surface area contributed by atoms with E-state index >= 15 is 0 Å². The summed E-state index contributed by atoms with van der Waals surface area (Å²) in [5.41, 5.74) is 3.22. The van der Waals surface area contributed by atoms with Crippen molar-refractivity contribution in [1.29, 1.82) is 0 Å². The predicted octanol–water partition coefficient (Wildman–Crippen LogP) is 4.74. The summed E-state index contributed by atoms with van der Waals surface area (Å²) in [5, 5.41) is 5.28. The second-order valence-electron chi connectivity index (χ2n) is 6.40. The molecule has 2 aromatic heterocycles. The van der Waals surface area contributed by atoms with Gasteiger partial charge in [0.15, 0.2) is 5.16 Å². The summed E-state index contributed by atoms with van der Waals surface area (Å²) in [6.07, 6.45) is 0.909. The number of amides is 1. The van der Waals surface area contributed by atoms with Crippen LogP contribution in [0.2, 0.25) is 0 Å². The number of fused-ring (bicyclic) bond motifs is 1. The van der Waals surface area contributed by atoms with Gasteiger partial charge in [-0.3, -0.25) is 14.2 Å². The Hall–Kier alpha value is -2.90. The number of aromatic nitrogens is 2. The van der Waals surface area contributed by atoms with Crippen LogP contribution in [0.25, 0.3) is 15.9 Å². The first kappa shape index (κ1) is 19.4. The van der Waals surface area contributed by atoms with Crippen molar-refractivity contribution in [2.75, 3.05) is 11.1 Å². The minimum Gasteiger partial charge on any atom is -0.325 e. The number of nitrogens with one attached hydrogen (secondary N) is 1. The number of anilines is 1. The second kappa shape index (κ2) is 8.63. The van der Waals surface area contributed by atoms with Gasteiger partial charge in [-0.2, -0.15) is 0 Å². The summed E-state index contributed by atoms with van der Waals surface area (Å²) in [4.78, 5) is 30.2. The molecule has 0 saturated heterocycles. The molecule has 0 spiro atoms. The number of rotatable bonds is 6. The Balaban J connectivity index is 1.60. The summed E-state index contributed by atoms with van der Waals surface area (Å²) < 4.78 is 2.19. The van der Waals surface area contributed by atoms with Gasteiger partial charge in [-0.15, -0.1) is 11.3 Å². The number of benzene rings is 2. The highest BCUT2D eigenvalue weighted by molar-refractivity contribution is 7.99. The Labute approximate surface area is 176 Å². The Morgan fingerprint density at radius 2 is 1.97 bits per heavy atom. The molecule has 7 heteroatoms. The van der Waals surface area contributed by atoms with Crippen molar-refractivity contribution in [2.24, 2.45) is 0 Å². The van der Waals surface area contributed by atoms with Crippen LogP contribution in [0.5, 0.6) is 0 Å². The first-order valence-corrected chi connectivity index (χ1v) is 11.1. The smallest absolute Gasteiger partial charge is 0.276 e. The van der Waals surface area contributed by atoms with E-state index < -0.39 is 0 Å². The lowest BCUT2D eigenvalue weighted by Gasteiger charge is -2.12. The van der Waals surface area contributed by atoms with Gasteiger partial charge >= 0.3 is 0 Å². The highest BCUT2D eigenvalue weighted by atomic mass is 32.2. The summed E-state index contributed by atoms with van der Waals surface area (Å²) in [6, 6.07) is 19.0. The zero-order valence-electron chi connectivity index (χ0n) is 15.8. The summed E-state index contributed by atoms with van der Waals surface area (Å²) in [6.45, 7) is 2.08. The molecule has 0 atom stereocenters. The van der Waals surface area contributed by atoms with Gasteiger partial charge in [-0.1, -0.05) is 49.0 Å². The van der Waals surface area contributed by atoms with E-state index in [9.17, 15) is 9.59 Å². The van der Waals surface area contributed by atoms with Crippen LogP contribution in [0.1, 0.15) is 12.5 Å². The molecule has 2 heterocycles. The van der Waals surface area contributed by atoms with E-state index in [1.54, 1.807) is 4.57 Å². The second-order valence-corrected chi connectivity index (χ2v) is 8.25. The van der Waals surface area contributed by atoms with E-state index in [1.807, 2.05) is 66.0 Å². The van der Waals surface area contributed by atoms with Crippen molar-refractivity contribution >= 4 is 44.9 Å². The zero-order chi connectivity index (χ0) is 20.2. The lowest BCUT2D eigenvalue weighted by molar-refractivity contribution is -0.113. The van der Waals surface area contributed by atoms with Gasteiger partial charge in [-0.25, -0.2) is 4.98 Å². The largest absolute Gasteiger partial charge is 0.325 e. The Kier molecular flexibility index (Phi) is 5.78. The molecule has 0 radical (unpaired) electrons. The van der Waals surface area contributed by atoms with Crippen molar-refractivity contribution in [2.45, 2.75) is 18.5 Å². The van der Waals surface area contributed by atoms with Gasteiger partial charge in [0.25, 0.3) is 5.56 Å². The molecule has 4 aromatic rings. The van der Waals surface area contributed by atoms with Crippen LogP contribution in [0.3, 0.4) is 0 Å². The maximum Gasteiger partial charge on any atom is 0.276 e. The monoisotopic (exact) mass is 421 g/mol. The molecule has 5 nitrogen and oxygen atoms in total. The molecule has 146 valence electrons. The normalized spacial score (nSPS) is 10.9. The highest BCUT2D eigenvalue weighted by Gasteiger charge is 2.15. The number of thiophene rings is 1. The van der Waals surface area contributed by atoms with E-state index in [4.69, 9.17) is 0 Å². The minimum absolute atomic E-state index is 0.116. The van der Waals surface area contributed by atoms with Gasteiger partial charge in [0.05, 0.1) is 17.0 Å². The number of carbonyl (C=O) groups excluding carboxylic acids is 1. The molecule has 29 heavy (non-hydrogen) atoms. The van der Waals surface area contributed by atoms with E-state index in [0.717, 1.165) is 23.4 Å². The van der Waals surface area contributed by atoms with Crippen LogP contribution in [0.15, 0.2) is 76.0 Å². The van der Waals surface area contributed by atoms with Crippen LogP contribution < -0.4 is 10.9 Å². The van der Waals surface area contributed by atoms with Gasteiger partial charge in [0.1, 0.15) is 4.70 Å². The van der Waals surface area contributed by atoms with Crippen LogP contribution >= 0.6 is 23.1 Å². The number of hydrogen-bond acceptors (Lipinski definition) is 5. The molecule has 1 N–H and O–H groups in total. The quantitative estimate of drug-likeness (QED) is 0.361. The molecule has 4 rings (SSSR count). The molecule has 0 aliphatic heterocycles. The number of aryl methyl sites for hydroxylation is 1. The Morgan fingerprint density at radius 1 is 1.14 bits per heavy atom. The third-order valence-electron chi connectivity index (χ3n) is 4.41. The van der Waals surface area contributed by atoms with E-state index in [-0.39, 0.29) is 17.2 Å². The predicted molar refractivity (Wildman–Crippen MR) is 120 cm³/mol. The molecule has 0 fully saturated rings. The maximum atomic E-state index is 13.0. The lowest BCUT2D eigenvalue weighted by Crippen LogP contribution is -2.22. The molecule has 0 saturated carbocycles. The standard InChI is InChI=1S/C22H19N3O2S2/c1-2-15-7-6-8-16(13-15)23-19(26)14-29-22-24-18-11-12-28-20(18)21(27)25(22)17-9-4-3-5-10-17/h3-13H,2,14H2,1H3,(H,23,26). The molecular formula is C22H19N3O2S2. The number of thioether (sulfide) groups is 1. The lowest BCUT2D eigenvalue weighted by atomic mass is 10.1. The number of carbonyl (C=O) groups is 1. The molecule has 0 unspecified atom stereocenters. The third kappa shape index (κ3) is 4.26. The van der Waals surface area contributed by atoms with Crippen molar-refractivity contribution in [3.63, 3.8) is 0 Å². The fourth-order valence-corrected chi connectivity index (χ4v) is 4.56. The van der Waals surface area contributed by atoms with E-state index in [0.29, 0.717) is 15.4 Å². The fourth-order valence-electron chi connectivity index (χ4n) is 2.99. The average Bonchev–Trinajstić information content (AvgIpc) is 3.22. The van der Waals surface area contributed by atoms with Gasteiger partial charge in [0, 0.05) is 5.69 Å². The third-order valence-corrected chi connectivity index (χ3v) is 6.25. The van der Waals surface area contributed by atoms with Crippen LogP contribution in [0, 0.1) is 0 Å². The Morgan fingerprint density at radius 3 is 2.76 bits per heavy atom. The Bertz CT molecular complexity index is 1220. The highest BCUT2D eigenvalue weighted by Crippen LogP contribution is 2.24. The number of para-hydroxylation sites is 1. The summed E-state index contributed by atoms with van der Waals surface area (Å²) >= 11 is 2.63. The van der Waals surface area contributed by atoms with Crippen molar-refractivity contribution in [3.05, 3.63) is 82.0 Å². The molecule has 2 aromatic carbocycles. The first-order valence-electron chi connectivity index (χ1n) is 9.23. The minimum atomic E-state index is -0.137. The summed E-state index contributed by atoms with van der Waals surface area (Å²) in [5.74, 6) is 0.0215. The number of nitrogens with zero attached hydrogens (tertiary/aromatic N) is 2. The van der Waals surface area contributed by atoms with Crippen LogP contribution in [-0.4, -0.2) is 21.2 Å². The van der Waals surface area contributed by atoms with E-state index in [1.165, 1.54) is 23.1 Å². The molecule has 1 amide bonds. The van der Waals surface area contributed by atoms with Gasteiger partial charge < -0.3 is 5.32 Å². The molecule has 0 aliphatic carbocycles. The van der Waals surface area contributed by atoms with Crippen molar-refractivity contribution < 1.29 is 4.79 Å². The maximum absolute atomic E-state index is 13.0. The number of hydrogen-bond donors (Lipinski definition) is 1. The van der Waals surface area contributed by atoms with Crippen molar-refractivity contribution in [1.82, 2.24) is 9.55 Å². The van der Waals surface area contributed by atoms with Crippen LogP contribution in [0.4, 0.5) is 5.69 Å². The van der Waals surface area contributed by atoms with E-state index in [2.05, 4.69) is 17.2 Å². The van der Waals surface area contributed by atoms with Gasteiger partial charge in [-0.05, 0) is 47.7 Å². The van der Waals surface area contributed by atoms with Crippen molar-refractivity contribution in [3.8, 4) is 5.69 Å². The fraction of sp³-hybridized carbons (Fsp3) is 0.136. The average molecular weight is 422 g/mol. The topological polar surface area (TPSA) is 64.0 Å². The first-order chi connectivity index (χ1) is 14.2. The zero-order valence-corrected chi connectivity index (χ0v) is 17.4. The van der Waals surface area contributed by atoms with Crippen LogP contribution in [-0.2, 0) is 11.2 Å². The molecular weight excluding hydrogens is 402 g/mol.